The van der Waals surface area contributed by atoms with E-state index in [2.05, 4.69) is 24.1 Å². The fourth-order valence-electron chi connectivity index (χ4n) is 4.25. The van der Waals surface area contributed by atoms with E-state index in [1.165, 1.54) is 16.4 Å². The molecule has 0 spiro atoms. The molecule has 162 valence electrons. The zero-order valence-corrected chi connectivity index (χ0v) is 18.1. The van der Waals surface area contributed by atoms with E-state index in [1.807, 2.05) is 0 Å². The monoisotopic (exact) mass is 425 g/mol. The van der Waals surface area contributed by atoms with Crippen molar-refractivity contribution in [3.8, 4) is 0 Å². The lowest BCUT2D eigenvalue weighted by molar-refractivity contribution is -0.126. The van der Waals surface area contributed by atoms with Crippen LogP contribution < -0.4 is 5.32 Å². The number of benzene rings is 1. The molecule has 2 unspecified atom stereocenters. The quantitative estimate of drug-likeness (QED) is 0.760. The molecule has 8 heteroatoms. The minimum Gasteiger partial charge on any atom is -0.355 e. The molecular weight excluding hydrogens is 393 g/mol. The van der Waals surface area contributed by atoms with Crippen LogP contribution in [0.4, 0.5) is 4.39 Å². The number of halogens is 1. The number of piperidine rings is 2. The second-order valence-corrected chi connectivity index (χ2v) is 10.4. The first-order valence-corrected chi connectivity index (χ1v) is 12.0. The predicted molar refractivity (Wildman–Crippen MR) is 110 cm³/mol. The second kappa shape index (κ2) is 9.53. The molecule has 1 N–H and O–H groups in total. The van der Waals surface area contributed by atoms with Gasteiger partial charge in [-0.05, 0) is 76.3 Å². The normalized spacial score (nSPS) is 24.6. The minimum absolute atomic E-state index is 0.0642. The van der Waals surface area contributed by atoms with E-state index in [4.69, 9.17) is 0 Å². The zero-order chi connectivity index (χ0) is 21.0. The number of amides is 1. The molecule has 3 rings (SSSR count). The summed E-state index contributed by atoms with van der Waals surface area (Å²) in [5, 5.41) is 3.06. The molecule has 2 atom stereocenters. The lowest BCUT2D eigenvalue weighted by Gasteiger charge is -2.36. The van der Waals surface area contributed by atoms with Gasteiger partial charge in [0.1, 0.15) is 5.82 Å². The number of sulfonamides is 1. The third-order valence-corrected chi connectivity index (χ3v) is 7.93. The largest absolute Gasteiger partial charge is 0.355 e. The predicted octanol–water partition coefficient (Wildman–Crippen LogP) is 2.46. The highest BCUT2D eigenvalue weighted by Gasteiger charge is 2.33. The van der Waals surface area contributed by atoms with Crippen molar-refractivity contribution in [1.82, 2.24) is 14.5 Å². The van der Waals surface area contributed by atoms with Gasteiger partial charge >= 0.3 is 0 Å². The average molecular weight is 426 g/mol. The Bertz CT molecular complexity index is 798. The standard InChI is InChI=1S/C21H32FN3O3S/c1-16(2)24-11-3-5-17(14-24)13-23-21(26)18-6-4-12-25(15-18)29(27,28)20-9-7-19(22)8-10-20/h7-10,16-18H,3-6,11-15H2,1-2H3,(H,23,26). The number of likely N-dealkylation sites (tertiary alicyclic amines) is 1. The van der Waals surface area contributed by atoms with E-state index in [0.29, 0.717) is 37.9 Å². The van der Waals surface area contributed by atoms with Crippen LogP contribution in [0.15, 0.2) is 29.2 Å². The third-order valence-electron chi connectivity index (χ3n) is 6.05. The Balaban J connectivity index is 1.56. The second-order valence-electron chi connectivity index (χ2n) is 8.50. The molecule has 2 saturated heterocycles. The van der Waals surface area contributed by atoms with Crippen molar-refractivity contribution in [2.75, 3.05) is 32.7 Å². The van der Waals surface area contributed by atoms with E-state index >= 15 is 0 Å². The van der Waals surface area contributed by atoms with Gasteiger partial charge in [-0.1, -0.05) is 0 Å². The molecule has 0 bridgehead atoms. The summed E-state index contributed by atoms with van der Waals surface area (Å²) in [4.78, 5) is 15.2. The Hall–Kier alpha value is -1.51. The van der Waals surface area contributed by atoms with Crippen molar-refractivity contribution in [3.05, 3.63) is 30.1 Å². The summed E-state index contributed by atoms with van der Waals surface area (Å²) < 4.78 is 40.2. The Labute approximate surface area is 173 Å². The van der Waals surface area contributed by atoms with Gasteiger partial charge in [0, 0.05) is 32.2 Å². The van der Waals surface area contributed by atoms with Crippen molar-refractivity contribution in [1.29, 1.82) is 0 Å². The molecule has 29 heavy (non-hydrogen) atoms. The van der Waals surface area contributed by atoms with Gasteiger partial charge in [-0.3, -0.25) is 4.79 Å². The zero-order valence-electron chi connectivity index (χ0n) is 17.3. The summed E-state index contributed by atoms with van der Waals surface area (Å²) in [6.45, 7) is 7.69. The molecule has 2 heterocycles. The Morgan fingerprint density at radius 2 is 1.83 bits per heavy atom. The van der Waals surface area contributed by atoms with Crippen LogP contribution in [0.5, 0.6) is 0 Å². The topological polar surface area (TPSA) is 69.7 Å². The van der Waals surface area contributed by atoms with Crippen molar-refractivity contribution in [2.45, 2.75) is 50.5 Å². The number of rotatable bonds is 6. The van der Waals surface area contributed by atoms with Crippen LogP contribution in [0.25, 0.3) is 0 Å². The average Bonchev–Trinajstić information content (AvgIpc) is 2.72. The highest BCUT2D eigenvalue weighted by molar-refractivity contribution is 7.89. The first-order valence-electron chi connectivity index (χ1n) is 10.5. The van der Waals surface area contributed by atoms with Crippen LogP contribution >= 0.6 is 0 Å². The molecule has 2 aliphatic rings. The van der Waals surface area contributed by atoms with Crippen LogP contribution in [-0.4, -0.2) is 62.3 Å². The number of carbonyl (C=O) groups excluding carboxylic acids is 1. The summed E-state index contributed by atoms with van der Waals surface area (Å²) in [7, 11) is -3.72. The summed E-state index contributed by atoms with van der Waals surface area (Å²) in [6, 6.07) is 5.35. The molecule has 2 fully saturated rings. The number of hydrogen-bond donors (Lipinski definition) is 1. The van der Waals surface area contributed by atoms with E-state index in [9.17, 15) is 17.6 Å². The van der Waals surface area contributed by atoms with Gasteiger partial charge in [0.15, 0.2) is 0 Å². The van der Waals surface area contributed by atoms with Gasteiger partial charge in [-0.15, -0.1) is 0 Å². The Morgan fingerprint density at radius 1 is 1.14 bits per heavy atom. The summed E-state index contributed by atoms with van der Waals surface area (Å²) in [5.41, 5.74) is 0. The molecule has 2 aliphatic heterocycles. The number of carbonyl (C=O) groups is 1. The van der Waals surface area contributed by atoms with Gasteiger partial charge in [0.05, 0.1) is 10.8 Å². The smallest absolute Gasteiger partial charge is 0.243 e. The highest BCUT2D eigenvalue weighted by atomic mass is 32.2. The molecular formula is C21H32FN3O3S. The van der Waals surface area contributed by atoms with Crippen LogP contribution in [0, 0.1) is 17.7 Å². The number of hydrogen-bond acceptors (Lipinski definition) is 4. The molecule has 6 nitrogen and oxygen atoms in total. The minimum atomic E-state index is -3.72. The third kappa shape index (κ3) is 5.55. The molecule has 0 aliphatic carbocycles. The molecule has 0 radical (unpaired) electrons. The maximum Gasteiger partial charge on any atom is 0.243 e. The molecule has 0 aromatic heterocycles. The maximum atomic E-state index is 13.1. The van der Waals surface area contributed by atoms with Crippen molar-refractivity contribution in [3.63, 3.8) is 0 Å². The number of nitrogens with one attached hydrogen (secondary N) is 1. The van der Waals surface area contributed by atoms with Gasteiger partial charge in [0.2, 0.25) is 15.9 Å². The fourth-order valence-corrected chi connectivity index (χ4v) is 5.78. The van der Waals surface area contributed by atoms with Crippen LogP contribution in [0.2, 0.25) is 0 Å². The number of nitrogens with zero attached hydrogens (tertiary/aromatic N) is 2. The summed E-state index contributed by atoms with van der Waals surface area (Å²) in [6.07, 6.45) is 3.58. The van der Waals surface area contributed by atoms with E-state index < -0.39 is 15.8 Å². The van der Waals surface area contributed by atoms with E-state index in [1.54, 1.807) is 0 Å². The first-order chi connectivity index (χ1) is 13.8. The Morgan fingerprint density at radius 3 is 2.52 bits per heavy atom. The summed E-state index contributed by atoms with van der Waals surface area (Å²) >= 11 is 0. The fraction of sp³-hybridized carbons (Fsp3) is 0.667. The van der Waals surface area contributed by atoms with Gasteiger partial charge in [-0.25, -0.2) is 12.8 Å². The molecule has 1 amide bonds. The maximum absolute atomic E-state index is 13.1. The lowest BCUT2D eigenvalue weighted by Crippen LogP contribution is -2.48. The van der Waals surface area contributed by atoms with E-state index in [-0.39, 0.29) is 23.3 Å². The van der Waals surface area contributed by atoms with Crippen LogP contribution in [0.1, 0.15) is 39.5 Å². The van der Waals surface area contributed by atoms with Crippen LogP contribution in [-0.2, 0) is 14.8 Å². The van der Waals surface area contributed by atoms with Gasteiger partial charge in [-0.2, -0.15) is 4.31 Å². The highest BCUT2D eigenvalue weighted by Crippen LogP contribution is 2.24. The molecule has 1 aromatic rings. The summed E-state index contributed by atoms with van der Waals surface area (Å²) in [5.74, 6) is -0.439. The van der Waals surface area contributed by atoms with Gasteiger partial charge < -0.3 is 10.2 Å². The lowest BCUT2D eigenvalue weighted by atomic mass is 9.95. The van der Waals surface area contributed by atoms with Gasteiger partial charge in [0.25, 0.3) is 0 Å². The van der Waals surface area contributed by atoms with Crippen molar-refractivity contribution in [2.24, 2.45) is 11.8 Å². The first kappa shape index (κ1) is 22.2. The Kier molecular flexibility index (Phi) is 7.29. The van der Waals surface area contributed by atoms with Crippen LogP contribution in [0.3, 0.4) is 0 Å². The van der Waals surface area contributed by atoms with Crippen molar-refractivity contribution >= 4 is 15.9 Å². The SMILES string of the molecule is CC(C)N1CCCC(CNC(=O)C2CCCN(S(=O)(=O)c3ccc(F)cc3)C2)C1. The molecule has 1 aromatic carbocycles. The molecule has 0 saturated carbocycles. The van der Waals surface area contributed by atoms with Crippen molar-refractivity contribution < 1.29 is 17.6 Å². The van der Waals surface area contributed by atoms with E-state index in [0.717, 1.165) is 38.1 Å².